The molecule has 182 valence electrons. The minimum atomic E-state index is -0.0638. The van der Waals surface area contributed by atoms with Crippen LogP contribution in [0.5, 0.6) is 5.75 Å². The first-order chi connectivity index (χ1) is 17.5. The molecule has 4 aromatic rings. The quantitative estimate of drug-likeness (QED) is 0.426. The Morgan fingerprint density at radius 2 is 1.89 bits per heavy atom. The Kier molecular flexibility index (Phi) is 5.36. The molecule has 0 saturated heterocycles. The second-order valence-electron chi connectivity index (χ2n) is 9.26. The number of hydrogen-bond acceptors (Lipinski definition) is 8. The van der Waals surface area contributed by atoms with Crippen molar-refractivity contribution in [2.45, 2.75) is 31.7 Å². The molecule has 1 aliphatic heterocycles. The Morgan fingerprint density at radius 3 is 2.64 bits per heavy atom. The van der Waals surface area contributed by atoms with Crippen LogP contribution in [0.25, 0.3) is 11.4 Å². The highest BCUT2D eigenvalue weighted by Gasteiger charge is 2.31. The number of nitrogens with one attached hydrogen (secondary N) is 1. The molecule has 1 amide bonds. The Labute approximate surface area is 208 Å². The number of aromatic nitrogens is 6. The molecule has 1 aromatic carbocycles. The lowest BCUT2D eigenvalue weighted by Crippen LogP contribution is -2.18. The molecule has 0 radical (unpaired) electrons. The molecule has 10 nitrogen and oxygen atoms in total. The van der Waals surface area contributed by atoms with E-state index >= 15 is 0 Å². The molecule has 10 heteroatoms. The number of nitrogens with zero attached hydrogens (tertiary/aromatic N) is 7. The number of carbonyl (C=O) groups is 1. The minimum Gasteiger partial charge on any atom is -0.494 e. The van der Waals surface area contributed by atoms with Gasteiger partial charge in [-0.15, -0.1) is 10.2 Å². The van der Waals surface area contributed by atoms with Crippen molar-refractivity contribution in [3.8, 4) is 17.1 Å². The van der Waals surface area contributed by atoms with Gasteiger partial charge in [0.05, 0.1) is 48.9 Å². The predicted octanol–water partition coefficient (Wildman–Crippen LogP) is 3.47. The van der Waals surface area contributed by atoms with Crippen molar-refractivity contribution in [2.75, 3.05) is 19.5 Å². The van der Waals surface area contributed by atoms with Crippen LogP contribution in [0.4, 0.5) is 11.4 Å². The zero-order chi connectivity index (χ0) is 24.8. The Morgan fingerprint density at radius 1 is 1.06 bits per heavy atom. The van der Waals surface area contributed by atoms with Gasteiger partial charge in [-0.2, -0.15) is 4.80 Å². The van der Waals surface area contributed by atoms with Crippen LogP contribution in [0.3, 0.4) is 0 Å². The number of rotatable bonds is 7. The maximum absolute atomic E-state index is 13.0. The lowest BCUT2D eigenvalue weighted by molar-refractivity contribution is 0.0817. The van der Waals surface area contributed by atoms with Crippen LogP contribution >= 0.6 is 0 Å². The molecule has 1 N–H and O–H groups in total. The van der Waals surface area contributed by atoms with Crippen LogP contribution < -0.4 is 10.1 Å². The van der Waals surface area contributed by atoms with Crippen molar-refractivity contribution in [1.82, 2.24) is 35.1 Å². The van der Waals surface area contributed by atoms with E-state index in [0.717, 1.165) is 22.8 Å². The number of fused-ring (bicyclic) bond motifs is 1. The first-order valence-electron chi connectivity index (χ1n) is 11.9. The molecule has 0 unspecified atom stereocenters. The monoisotopic (exact) mass is 482 g/mol. The summed E-state index contributed by atoms with van der Waals surface area (Å²) in [7, 11) is 5.10. The predicted molar refractivity (Wildman–Crippen MR) is 133 cm³/mol. The molecule has 2 aliphatic rings. The fourth-order valence-electron chi connectivity index (χ4n) is 4.64. The maximum atomic E-state index is 13.0. The molecule has 4 heterocycles. The third kappa shape index (κ3) is 4.04. The molecule has 3 aromatic heterocycles. The van der Waals surface area contributed by atoms with Crippen molar-refractivity contribution >= 4 is 17.3 Å². The van der Waals surface area contributed by atoms with Crippen molar-refractivity contribution in [2.24, 2.45) is 7.05 Å². The highest BCUT2D eigenvalue weighted by Crippen LogP contribution is 2.40. The summed E-state index contributed by atoms with van der Waals surface area (Å²) in [5, 5.41) is 15.8. The number of pyridine rings is 2. The van der Waals surface area contributed by atoms with Gasteiger partial charge in [-0.05, 0) is 48.4 Å². The molecular weight excluding hydrogens is 456 g/mol. The number of methoxy groups -OCH3 is 1. The lowest BCUT2D eigenvalue weighted by Gasteiger charge is -2.16. The molecule has 0 bridgehead atoms. The second-order valence-corrected chi connectivity index (χ2v) is 9.26. The average molecular weight is 483 g/mol. The fourth-order valence-corrected chi connectivity index (χ4v) is 4.64. The van der Waals surface area contributed by atoms with Gasteiger partial charge in [0.15, 0.2) is 5.75 Å². The summed E-state index contributed by atoms with van der Waals surface area (Å²) in [5.41, 5.74) is 6.39. The highest BCUT2D eigenvalue weighted by molar-refractivity contribution is 6.03. The van der Waals surface area contributed by atoms with E-state index in [0.29, 0.717) is 53.0 Å². The zero-order valence-electron chi connectivity index (χ0n) is 20.4. The molecule has 1 fully saturated rings. The van der Waals surface area contributed by atoms with Crippen LogP contribution in [-0.2, 0) is 20.0 Å². The summed E-state index contributed by atoms with van der Waals surface area (Å²) in [6, 6.07) is 13.8. The molecule has 0 atom stereocenters. The van der Waals surface area contributed by atoms with E-state index in [-0.39, 0.29) is 5.91 Å². The number of aryl methyl sites for hydroxylation is 1. The van der Waals surface area contributed by atoms with Crippen molar-refractivity contribution in [3.05, 3.63) is 70.8 Å². The van der Waals surface area contributed by atoms with Gasteiger partial charge < -0.3 is 15.0 Å². The van der Waals surface area contributed by atoms with Crippen LogP contribution in [0, 0.1) is 0 Å². The van der Waals surface area contributed by atoms with Gasteiger partial charge in [-0.1, -0.05) is 12.1 Å². The number of carbonyl (C=O) groups excluding carboxylic acids is 1. The standard InChI is InChI=1S/C26H26N8O2/c1-33-14-22-23(26(33)35)21(13-17(28-22)12-16-6-4-8-19(27-16)15-10-11-15)29-20-9-5-7-18(24(20)36-3)25-30-32-34(2)31-25/h4-9,13,15H,10-12,14H2,1-3H3,(H,28,29). The third-order valence-electron chi connectivity index (χ3n) is 6.52. The second kappa shape index (κ2) is 8.71. The van der Waals surface area contributed by atoms with E-state index < -0.39 is 0 Å². The zero-order valence-corrected chi connectivity index (χ0v) is 20.4. The van der Waals surface area contributed by atoms with E-state index in [2.05, 4.69) is 32.9 Å². The summed E-state index contributed by atoms with van der Waals surface area (Å²) in [6.45, 7) is 0.465. The van der Waals surface area contributed by atoms with Gasteiger partial charge in [0.1, 0.15) is 0 Å². The number of amides is 1. The normalized spacial score (nSPS) is 14.8. The number of anilines is 2. The first-order valence-corrected chi connectivity index (χ1v) is 11.9. The van der Waals surface area contributed by atoms with Crippen molar-refractivity contribution in [1.29, 1.82) is 0 Å². The Bertz CT molecular complexity index is 1480. The molecule has 0 spiro atoms. The number of benzene rings is 1. The largest absolute Gasteiger partial charge is 0.494 e. The highest BCUT2D eigenvalue weighted by atomic mass is 16.5. The summed E-state index contributed by atoms with van der Waals surface area (Å²) >= 11 is 0. The molecule has 1 aliphatic carbocycles. The van der Waals surface area contributed by atoms with E-state index in [1.165, 1.54) is 17.6 Å². The van der Waals surface area contributed by atoms with Gasteiger partial charge in [0.2, 0.25) is 5.82 Å². The Balaban J connectivity index is 1.39. The van der Waals surface area contributed by atoms with E-state index in [9.17, 15) is 4.79 Å². The van der Waals surface area contributed by atoms with E-state index in [1.807, 2.05) is 30.3 Å². The fraction of sp³-hybridized carbons (Fsp3) is 0.308. The number of ether oxygens (including phenoxy) is 1. The average Bonchev–Trinajstić information content (AvgIpc) is 3.57. The van der Waals surface area contributed by atoms with Gasteiger partial charge in [-0.3, -0.25) is 14.8 Å². The maximum Gasteiger partial charge on any atom is 0.257 e. The summed E-state index contributed by atoms with van der Waals surface area (Å²) < 4.78 is 5.75. The first kappa shape index (κ1) is 22.1. The van der Waals surface area contributed by atoms with Crippen molar-refractivity contribution < 1.29 is 9.53 Å². The van der Waals surface area contributed by atoms with Gasteiger partial charge in [0, 0.05) is 36.5 Å². The summed E-state index contributed by atoms with van der Waals surface area (Å²) in [4.78, 5) is 25.8. The minimum absolute atomic E-state index is 0.0638. The summed E-state index contributed by atoms with van der Waals surface area (Å²) in [5.74, 6) is 1.54. The molecular formula is C26H26N8O2. The number of tetrazole rings is 1. The number of hydrogen-bond donors (Lipinski definition) is 1. The van der Waals surface area contributed by atoms with Crippen molar-refractivity contribution in [3.63, 3.8) is 0 Å². The van der Waals surface area contributed by atoms with Crippen LogP contribution in [0.15, 0.2) is 42.5 Å². The van der Waals surface area contributed by atoms with Crippen LogP contribution in [0.2, 0.25) is 0 Å². The van der Waals surface area contributed by atoms with Gasteiger partial charge in [0.25, 0.3) is 5.91 Å². The molecule has 6 rings (SSSR count). The SMILES string of the molecule is COc1c(Nc2cc(Cc3cccc(C4CC4)n3)nc3c2C(=O)N(C)C3)cccc1-c1nnn(C)n1. The topological polar surface area (TPSA) is 111 Å². The summed E-state index contributed by atoms with van der Waals surface area (Å²) in [6.07, 6.45) is 3.00. The Hall–Kier alpha value is -4.34. The van der Waals surface area contributed by atoms with E-state index in [1.54, 1.807) is 26.1 Å². The molecule has 36 heavy (non-hydrogen) atoms. The van der Waals surface area contributed by atoms with Crippen LogP contribution in [-0.4, -0.2) is 55.1 Å². The third-order valence-corrected chi connectivity index (χ3v) is 6.52. The van der Waals surface area contributed by atoms with E-state index in [4.69, 9.17) is 14.7 Å². The van der Waals surface area contributed by atoms with Crippen LogP contribution in [0.1, 0.15) is 51.9 Å². The smallest absolute Gasteiger partial charge is 0.257 e. The number of para-hydroxylation sites is 1. The molecule has 1 saturated carbocycles. The van der Waals surface area contributed by atoms with Gasteiger partial charge in [-0.25, -0.2) is 0 Å². The lowest BCUT2D eigenvalue weighted by atomic mass is 10.1. The van der Waals surface area contributed by atoms with Gasteiger partial charge >= 0.3 is 0 Å².